The standard InChI is InChI=1S/C37H57NO8/c1-21(39)44-32(34(4,5)41)25-9-7-24-31(45-25)30(40)29-23-8-10-26-33(2,3)27(46-28-17-38(15-16-43-28)22-18-42-19-22)11-12-37(26)20-36(23,37)14-13-35(24,29)6/h22-29,31-32,41H,7-20H2,1-6H3/t23?,24?,25?,26?,27-,28?,29?,31?,32-,35?,36-,37?/m0/s1. The summed E-state index contributed by atoms with van der Waals surface area (Å²) in [7, 11) is 0. The van der Waals surface area contributed by atoms with Gasteiger partial charge in [0.1, 0.15) is 6.10 Å². The van der Waals surface area contributed by atoms with Crippen molar-refractivity contribution in [1.29, 1.82) is 0 Å². The van der Waals surface area contributed by atoms with Gasteiger partial charge >= 0.3 is 5.97 Å². The minimum Gasteiger partial charge on any atom is -0.457 e. The van der Waals surface area contributed by atoms with Gasteiger partial charge < -0.3 is 28.8 Å². The molecular weight excluding hydrogens is 586 g/mol. The third-order valence-electron chi connectivity index (χ3n) is 15.2. The Labute approximate surface area is 274 Å². The summed E-state index contributed by atoms with van der Waals surface area (Å²) in [5.41, 5.74) is -0.710. The zero-order chi connectivity index (χ0) is 32.4. The van der Waals surface area contributed by atoms with Crippen LogP contribution in [-0.4, -0.2) is 97.0 Å². The molecule has 8 aliphatic rings. The Bertz CT molecular complexity index is 1240. The number of aliphatic hydroxyl groups is 1. The van der Waals surface area contributed by atoms with E-state index >= 15 is 0 Å². The number of hydrogen-bond acceptors (Lipinski definition) is 9. The molecule has 9 nitrogen and oxygen atoms in total. The van der Waals surface area contributed by atoms with Crippen LogP contribution in [0.2, 0.25) is 0 Å². The van der Waals surface area contributed by atoms with E-state index in [0.717, 1.165) is 65.0 Å². The van der Waals surface area contributed by atoms with Gasteiger partial charge in [-0.1, -0.05) is 20.8 Å². The topological polar surface area (TPSA) is 104 Å². The van der Waals surface area contributed by atoms with E-state index in [2.05, 4.69) is 25.7 Å². The monoisotopic (exact) mass is 643 g/mol. The molecule has 3 saturated heterocycles. The second-order valence-electron chi connectivity index (χ2n) is 18.0. The predicted octanol–water partition coefficient (Wildman–Crippen LogP) is 4.52. The number of ether oxygens (including phenoxy) is 5. The second kappa shape index (κ2) is 10.7. The predicted molar refractivity (Wildman–Crippen MR) is 169 cm³/mol. The lowest BCUT2D eigenvalue weighted by atomic mass is 9.46. The molecular formula is C37H57NO8. The van der Waals surface area contributed by atoms with E-state index in [-0.39, 0.29) is 46.3 Å². The third kappa shape index (κ3) is 4.53. The largest absolute Gasteiger partial charge is 0.457 e. The lowest BCUT2D eigenvalue weighted by molar-refractivity contribution is -0.253. The van der Waals surface area contributed by atoms with Crippen molar-refractivity contribution < 1.29 is 38.4 Å². The number of ketones is 1. The van der Waals surface area contributed by atoms with Crippen molar-refractivity contribution in [2.24, 2.45) is 45.3 Å². The number of fused-ring (bicyclic) bond motifs is 4. The van der Waals surface area contributed by atoms with Crippen LogP contribution < -0.4 is 0 Å². The van der Waals surface area contributed by atoms with Gasteiger partial charge in [0.15, 0.2) is 18.2 Å². The molecule has 9 heteroatoms. The van der Waals surface area contributed by atoms with Crippen LogP contribution in [0.1, 0.15) is 99.3 Å². The van der Waals surface area contributed by atoms with E-state index in [1.54, 1.807) is 13.8 Å². The van der Waals surface area contributed by atoms with Gasteiger partial charge in [0.05, 0.1) is 50.2 Å². The van der Waals surface area contributed by atoms with E-state index in [4.69, 9.17) is 23.7 Å². The van der Waals surface area contributed by atoms with Crippen molar-refractivity contribution in [2.45, 2.75) is 142 Å². The Hall–Kier alpha value is -1.10. The summed E-state index contributed by atoms with van der Waals surface area (Å²) < 4.78 is 30.7. The Morgan fingerprint density at radius 3 is 2.48 bits per heavy atom. The third-order valence-corrected chi connectivity index (χ3v) is 15.2. The van der Waals surface area contributed by atoms with Gasteiger partial charge in [0.25, 0.3) is 0 Å². The second-order valence-corrected chi connectivity index (χ2v) is 18.0. The van der Waals surface area contributed by atoms with Crippen LogP contribution in [0.25, 0.3) is 0 Å². The van der Waals surface area contributed by atoms with Gasteiger partial charge in [0.2, 0.25) is 0 Å². The van der Waals surface area contributed by atoms with E-state index in [9.17, 15) is 14.7 Å². The maximum Gasteiger partial charge on any atom is 0.303 e. The Morgan fingerprint density at radius 1 is 1.02 bits per heavy atom. The minimum absolute atomic E-state index is 0.0267. The molecule has 5 aliphatic carbocycles. The van der Waals surface area contributed by atoms with E-state index in [1.807, 2.05) is 0 Å². The van der Waals surface area contributed by atoms with Gasteiger partial charge in [0, 0.05) is 19.4 Å². The van der Waals surface area contributed by atoms with Crippen molar-refractivity contribution in [1.82, 2.24) is 4.90 Å². The van der Waals surface area contributed by atoms with Gasteiger partial charge in [-0.25, -0.2) is 0 Å². The molecule has 12 atom stereocenters. The number of Topliss-reactive ketones (excluding diaryl/α,β-unsaturated/α-hetero) is 1. The zero-order valence-corrected chi connectivity index (χ0v) is 28.9. The molecule has 0 aromatic rings. The first-order valence-electron chi connectivity index (χ1n) is 18.4. The van der Waals surface area contributed by atoms with Crippen molar-refractivity contribution in [3.05, 3.63) is 0 Å². The van der Waals surface area contributed by atoms with E-state index < -0.39 is 29.9 Å². The highest BCUT2D eigenvalue weighted by Gasteiger charge is 2.82. The summed E-state index contributed by atoms with van der Waals surface area (Å²) in [4.78, 5) is 29.0. The molecule has 0 amide bonds. The number of morpholine rings is 1. The number of carbonyl (C=O) groups excluding carboxylic acids is 2. The van der Waals surface area contributed by atoms with Crippen LogP contribution in [0.15, 0.2) is 0 Å². The van der Waals surface area contributed by atoms with Crippen LogP contribution in [-0.2, 0) is 33.3 Å². The molecule has 0 aromatic heterocycles. The smallest absolute Gasteiger partial charge is 0.303 e. The summed E-state index contributed by atoms with van der Waals surface area (Å²) in [6, 6.07) is 0.506. The number of carbonyl (C=O) groups is 2. The number of nitrogens with zero attached hydrogens (tertiary/aromatic N) is 1. The summed E-state index contributed by atoms with van der Waals surface area (Å²) in [6.45, 7) is 16.1. The van der Waals surface area contributed by atoms with Crippen LogP contribution in [0.5, 0.6) is 0 Å². The molecule has 0 radical (unpaired) electrons. The maximum absolute atomic E-state index is 14.6. The number of hydrogen-bond donors (Lipinski definition) is 1. The molecule has 9 unspecified atom stereocenters. The first kappa shape index (κ1) is 32.1. The molecule has 3 aliphatic heterocycles. The van der Waals surface area contributed by atoms with Crippen LogP contribution in [0, 0.1) is 45.3 Å². The molecule has 0 aromatic carbocycles. The summed E-state index contributed by atoms with van der Waals surface area (Å²) in [5, 5.41) is 10.9. The summed E-state index contributed by atoms with van der Waals surface area (Å²) in [5.74, 6) is 1.07. The Morgan fingerprint density at radius 2 is 1.78 bits per heavy atom. The van der Waals surface area contributed by atoms with Gasteiger partial charge in [-0.2, -0.15) is 0 Å². The molecule has 46 heavy (non-hydrogen) atoms. The van der Waals surface area contributed by atoms with Gasteiger partial charge in [-0.15, -0.1) is 0 Å². The Balaban J connectivity index is 0.990. The lowest BCUT2D eigenvalue weighted by Gasteiger charge is -2.59. The fourth-order valence-electron chi connectivity index (χ4n) is 13.0. The quantitative estimate of drug-likeness (QED) is 0.419. The zero-order valence-electron chi connectivity index (χ0n) is 28.9. The molecule has 1 N–H and O–H groups in total. The average Bonchev–Trinajstić information content (AvgIpc) is 3.57. The fourth-order valence-corrected chi connectivity index (χ4v) is 13.0. The first-order valence-corrected chi connectivity index (χ1v) is 18.4. The molecule has 8 rings (SSSR count). The maximum atomic E-state index is 14.6. The Kier molecular flexibility index (Phi) is 7.47. The average molecular weight is 644 g/mol. The highest BCUT2D eigenvalue weighted by Crippen LogP contribution is 2.87. The number of rotatable bonds is 6. The number of esters is 1. The highest BCUT2D eigenvalue weighted by molar-refractivity contribution is 5.90. The van der Waals surface area contributed by atoms with Crippen molar-refractivity contribution in [2.75, 3.05) is 32.9 Å². The van der Waals surface area contributed by atoms with E-state index in [0.29, 0.717) is 29.7 Å². The molecule has 258 valence electrons. The van der Waals surface area contributed by atoms with Crippen LogP contribution in [0.4, 0.5) is 0 Å². The molecule has 8 fully saturated rings. The normalized spacial score (nSPS) is 49.0. The summed E-state index contributed by atoms with van der Waals surface area (Å²) in [6.07, 6.45) is 7.88. The van der Waals surface area contributed by atoms with Gasteiger partial charge in [-0.3, -0.25) is 14.5 Å². The van der Waals surface area contributed by atoms with Crippen LogP contribution >= 0.6 is 0 Å². The molecule has 2 spiro atoms. The van der Waals surface area contributed by atoms with Crippen molar-refractivity contribution >= 4 is 11.8 Å². The van der Waals surface area contributed by atoms with Gasteiger partial charge in [-0.05, 0) is 111 Å². The van der Waals surface area contributed by atoms with Crippen LogP contribution in [0.3, 0.4) is 0 Å². The molecule has 3 heterocycles. The highest BCUT2D eigenvalue weighted by atomic mass is 16.7. The first-order chi connectivity index (χ1) is 21.7. The molecule has 5 saturated carbocycles. The lowest BCUT2D eigenvalue weighted by Crippen LogP contribution is -2.58. The SMILES string of the molecule is CC(=O)O[C@@H](C1CCC2C(O1)C(=O)C1C3CCC4C(C)(C)[C@@H](OC5CN(C6COC6)CCO5)CCC45C[C@@]35CCC21C)C(C)(C)O. The van der Waals surface area contributed by atoms with Crippen molar-refractivity contribution in [3.63, 3.8) is 0 Å². The fraction of sp³-hybridized carbons (Fsp3) is 0.946. The van der Waals surface area contributed by atoms with Crippen molar-refractivity contribution in [3.8, 4) is 0 Å². The summed E-state index contributed by atoms with van der Waals surface area (Å²) >= 11 is 0. The molecule has 0 bridgehead atoms. The minimum atomic E-state index is -1.26. The van der Waals surface area contributed by atoms with E-state index in [1.165, 1.54) is 26.2 Å².